The lowest BCUT2D eigenvalue weighted by Gasteiger charge is -2.41. The predicted octanol–water partition coefficient (Wildman–Crippen LogP) is 1.62. The Labute approximate surface area is 132 Å². The van der Waals surface area contributed by atoms with Gasteiger partial charge in [0.25, 0.3) is 0 Å². The number of nitrogens with one attached hydrogen (secondary N) is 1. The first-order chi connectivity index (χ1) is 9.81. The summed E-state index contributed by atoms with van der Waals surface area (Å²) in [5.74, 6) is -0.867. The third-order valence-corrected chi connectivity index (χ3v) is 6.75. The number of carboxylic acids is 1. The number of carboxylic acid groups (broad SMARTS) is 1. The van der Waals surface area contributed by atoms with Crippen molar-refractivity contribution in [2.24, 2.45) is 0 Å². The van der Waals surface area contributed by atoms with E-state index in [2.05, 4.69) is 4.72 Å². The Morgan fingerprint density at radius 2 is 2.19 bits per heavy atom. The van der Waals surface area contributed by atoms with E-state index in [0.29, 0.717) is 23.7 Å². The molecule has 0 unspecified atom stereocenters. The van der Waals surface area contributed by atoms with E-state index in [0.717, 1.165) is 11.3 Å². The molecule has 2 rings (SSSR count). The smallest absolute Gasteiger partial charge is 0.317 e. The van der Waals surface area contributed by atoms with E-state index in [1.54, 1.807) is 6.07 Å². The second kappa shape index (κ2) is 6.62. The van der Waals surface area contributed by atoms with Crippen LogP contribution in [0.5, 0.6) is 0 Å². The van der Waals surface area contributed by atoms with E-state index in [9.17, 15) is 13.2 Å². The van der Waals surface area contributed by atoms with Gasteiger partial charge < -0.3 is 5.11 Å². The lowest BCUT2D eigenvalue weighted by molar-refractivity contribution is -0.139. The minimum Gasteiger partial charge on any atom is -0.480 e. The molecule has 1 aromatic heterocycles. The molecule has 2 N–H and O–H groups in total. The van der Waals surface area contributed by atoms with Crippen molar-refractivity contribution in [3.8, 4) is 0 Å². The molecule has 0 atom stereocenters. The van der Waals surface area contributed by atoms with Gasteiger partial charge in [0, 0.05) is 12.1 Å². The molecule has 9 heteroatoms. The van der Waals surface area contributed by atoms with Gasteiger partial charge in [-0.3, -0.25) is 9.69 Å². The van der Waals surface area contributed by atoms with Gasteiger partial charge in [0.1, 0.15) is 4.21 Å². The van der Waals surface area contributed by atoms with Crippen molar-refractivity contribution in [2.75, 3.05) is 13.1 Å². The summed E-state index contributed by atoms with van der Waals surface area (Å²) in [7, 11) is -3.53. The molecule has 0 saturated heterocycles. The molecular weight excluding hydrogens is 336 g/mol. The van der Waals surface area contributed by atoms with Crippen LogP contribution in [0.3, 0.4) is 0 Å². The highest BCUT2D eigenvalue weighted by molar-refractivity contribution is 7.91. The molecule has 1 aliphatic carbocycles. The van der Waals surface area contributed by atoms with Crippen molar-refractivity contribution in [2.45, 2.75) is 36.1 Å². The number of hydrogen-bond donors (Lipinski definition) is 2. The van der Waals surface area contributed by atoms with Crippen LogP contribution in [0.25, 0.3) is 0 Å². The number of carbonyl (C=O) groups is 1. The first-order valence-corrected chi connectivity index (χ1v) is 9.23. The maximum absolute atomic E-state index is 12.1. The van der Waals surface area contributed by atoms with Crippen LogP contribution in [0.15, 0.2) is 16.3 Å². The molecule has 21 heavy (non-hydrogen) atoms. The quantitative estimate of drug-likeness (QED) is 0.778. The van der Waals surface area contributed by atoms with E-state index in [-0.39, 0.29) is 22.8 Å². The number of thiophene rings is 1. The van der Waals surface area contributed by atoms with Crippen molar-refractivity contribution in [1.82, 2.24) is 9.62 Å². The Balaban J connectivity index is 1.89. The average Bonchev–Trinajstić information content (AvgIpc) is 2.78. The molecule has 1 aromatic rings. The van der Waals surface area contributed by atoms with E-state index < -0.39 is 16.0 Å². The van der Waals surface area contributed by atoms with Gasteiger partial charge in [-0.15, -0.1) is 11.3 Å². The zero-order valence-corrected chi connectivity index (χ0v) is 13.8. The van der Waals surface area contributed by atoms with Gasteiger partial charge in [-0.1, -0.05) is 18.5 Å². The molecule has 6 nitrogen and oxygen atoms in total. The lowest BCUT2D eigenvalue weighted by atomic mass is 9.86. The van der Waals surface area contributed by atoms with Crippen LogP contribution in [0.1, 0.15) is 19.8 Å². The highest BCUT2D eigenvalue weighted by Gasteiger charge is 2.36. The van der Waals surface area contributed by atoms with Crippen LogP contribution in [-0.4, -0.2) is 49.6 Å². The summed E-state index contributed by atoms with van der Waals surface area (Å²) in [6.07, 6.45) is 1.25. The monoisotopic (exact) mass is 352 g/mol. The number of aliphatic carboxylic acids is 1. The van der Waals surface area contributed by atoms with Crippen LogP contribution in [-0.2, 0) is 14.8 Å². The summed E-state index contributed by atoms with van der Waals surface area (Å²) in [5.41, 5.74) is 0. The highest BCUT2D eigenvalue weighted by atomic mass is 35.5. The van der Waals surface area contributed by atoms with Crippen LogP contribution in [0.2, 0.25) is 4.34 Å². The first kappa shape index (κ1) is 16.7. The molecule has 0 aromatic carbocycles. The third kappa shape index (κ3) is 4.17. The summed E-state index contributed by atoms with van der Waals surface area (Å²) in [6.45, 7) is 2.52. The van der Waals surface area contributed by atoms with Crippen LogP contribution in [0.4, 0.5) is 0 Å². The summed E-state index contributed by atoms with van der Waals surface area (Å²) in [4.78, 5) is 12.6. The molecular formula is C12H17ClN2O4S2. The maximum Gasteiger partial charge on any atom is 0.317 e. The van der Waals surface area contributed by atoms with Crippen LogP contribution >= 0.6 is 22.9 Å². The molecule has 1 heterocycles. The molecule has 0 aliphatic heterocycles. The SMILES string of the molecule is CCN(CC(=O)O)C1CC(NS(=O)(=O)c2ccc(Cl)s2)C1. The predicted molar refractivity (Wildman–Crippen MR) is 81.3 cm³/mol. The third-order valence-electron chi connectivity index (χ3n) is 3.51. The number of rotatable bonds is 7. The van der Waals surface area contributed by atoms with E-state index >= 15 is 0 Å². The van der Waals surface area contributed by atoms with E-state index in [1.807, 2.05) is 11.8 Å². The standard InChI is InChI=1S/C12H17ClN2O4S2/c1-2-15(7-11(16)17)9-5-8(6-9)14-21(18,19)12-4-3-10(13)20-12/h3-4,8-9,14H,2,5-7H2,1H3,(H,16,17). The fourth-order valence-corrected chi connectivity index (χ4v) is 5.14. The fraction of sp³-hybridized carbons (Fsp3) is 0.583. The van der Waals surface area contributed by atoms with Crippen LogP contribution < -0.4 is 4.72 Å². The average molecular weight is 353 g/mol. The van der Waals surface area contributed by atoms with Crippen molar-refractivity contribution in [1.29, 1.82) is 0 Å². The van der Waals surface area contributed by atoms with Crippen molar-refractivity contribution in [3.05, 3.63) is 16.5 Å². The molecule has 0 bridgehead atoms. The summed E-state index contributed by atoms with van der Waals surface area (Å²) < 4.78 is 27.5. The fourth-order valence-electron chi connectivity index (χ4n) is 2.37. The number of hydrogen-bond acceptors (Lipinski definition) is 5. The Bertz CT molecular complexity index is 611. The van der Waals surface area contributed by atoms with Crippen LogP contribution in [0, 0.1) is 0 Å². The van der Waals surface area contributed by atoms with Gasteiger partial charge in [-0.25, -0.2) is 13.1 Å². The van der Waals surface area contributed by atoms with Gasteiger partial charge in [-0.2, -0.15) is 0 Å². The zero-order chi connectivity index (χ0) is 15.6. The molecule has 0 radical (unpaired) electrons. The minimum atomic E-state index is -3.53. The molecule has 0 amide bonds. The van der Waals surface area contributed by atoms with Gasteiger partial charge in [0.2, 0.25) is 10.0 Å². The number of nitrogens with zero attached hydrogens (tertiary/aromatic N) is 1. The second-order valence-electron chi connectivity index (χ2n) is 4.96. The molecule has 1 aliphatic rings. The van der Waals surface area contributed by atoms with Crippen molar-refractivity contribution in [3.63, 3.8) is 0 Å². The first-order valence-electron chi connectivity index (χ1n) is 6.55. The van der Waals surface area contributed by atoms with Gasteiger partial charge in [-0.05, 0) is 31.5 Å². The maximum atomic E-state index is 12.1. The Morgan fingerprint density at radius 1 is 1.52 bits per heavy atom. The molecule has 0 spiro atoms. The number of likely N-dealkylation sites (N-methyl/N-ethyl adjacent to an activating group) is 1. The molecule has 1 saturated carbocycles. The second-order valence-corrected chi connectivity index (χ2v) is 8.61. The normalized spacial score (nSPS) is 22.2. The minimum absolute atomic E-state index is 0.0127. The largest absolute Gasteiger partial charge is 0.480 e. The van der Waals surface area contributed by atoms with Gasteiger partial charge in [0.05, 0.1) is 10.9 Å². The number of halogens is 1. The van der Waals surface area contributed by atoms with Crippen molar-refractivity contribution < 1.29 is 18.3 Å². The van der Waals surface area contributed by atoms with E-state index in [4.69, 9.17) is 16.7 Å². The number of sulfonamides is 1. The Hall–Kier alpha value is -0.670. The topological polar surface area (TPSA) is 86.7 Å². The van der Waals surface area contributed by atoms with Crippen molar-refractivity contribution >= 4 is 38.9 Å². The summed E-state index contributed by atoms with van der Waals surface area (Å²) in [5, 5.41) is 8.82. The molecule has 1 fully saturated rings. The van der Waals surface area contributed by atoms with Gasteiger partial charge in [0.15, 0.2) is 0 Å². The highest BCUT2D eigenvalue weighted by Crippen LogP contribution is 2.29. The Morgan fingerprint density at radius 3 is 2.67 bits per heavy atom. The Kier molecular flexibility index (Phi) is 5.26. The zero-order valence-electron chi connectivity index (χ0n) is 11.5. The molecule has 118 valence electrons. The summed E-state index contributed by atoms with van der Waals surface area (Å²) in [6, 6.07) is 3.00. The van der Waals surface area contributed by atoms with E-state index in [1.165, 1.54) is 6.07 Å². The lowest BCUT2D eigenvalue weighted by Crippen LogP contribution is -2.54. The van der Waals surface area contributed by atoms with Gasteiger partial charge >= 0.3 is 5.97 Å². The summed E-state index contributed by atoms with van der Waals surface area (Å²) >= 11 is 6.76.